The zero-order valence-corrected chi connectivity index (χ0v) is 19.0. The first-order chi connectivity index (χ1) is 15.2. The molecule has 0 saturated heterocycles. The minimum atomic E-state index is -3.32. The highest BCUT2D eigenvalue weighted by Crippen LogP contribution is 2.32. The second-order valence-electron chi connectivity index (χ2n) is 7.26. The molecular weight excluding hydrogens is 446 g/mol. The van der Waals surface area contributed by atoms with Gasteiger partial charge in [-0.05, 0) is 48.5 Å². The van der Waals surface area contributed by atoms with Gasteiger partial charge in [0.05, 0.1) is 22.0 Å². The third kappa shape index (κ3) is 4.44. The zero-order chi connectivity index (χ0) is 22.9. The lowest BCUT2D eigenvalue weighted by Crippen LogP contribution is -2.23. The summed E-state index contributed by atoms with van der Waals surface area (Å²) in [7, 11) is -3.32. The summed E-state index contributed by atoms with van der Waals surface area (Å²) in [5, 5.41) is 5.31. The normalized spacial score (nSPS) is 11.3. The van der Waals surface area contributed by atoms with Gasteiger partial charge in [0.25, 0.3) is 0 Å². The summed E-state index contributed by atoms with van der Waals surface area (Å²) in [6.07, 6.45) is 1.16. The average Bonchev–Trinajstić information content (AvgIpc) is 3.19. The molecule has 0 radical (unpaired) electrons. The van der Waals surface area contributed by atoms with Crippen LogP contribution >= 0.6 is 11.6 Å². The molecule has 1 heterocycles. The molecular formula is C24H20ClN3O3S. The molecule has 8 heteroatoms. The number of sulfone groups is 1. The summed E-state index contributed by atoms with van der Waals surface area (Å²) in [5.41, 5.74) is 2.92. The fourth-order valence-electron chi connectivity index (χ4n) is 3.39. The van der Waals surface area contributed by atoms with Crippen LogP contribution < -0.4 is 4.90 Å². The maximum Gasteiger partial charge on any atom is 0.229 e. The number of carbonyl (C=O) groups is 1. The van der Waals surface area contributed by atoms with Crippen LogP contribution in [-0.2, 0) is 14.6 Å². The Morgan fingerprint density at radius 3 is 2.12 bits per heavy atom. The quantitative estimate of drug-likeness (QED) is 0.402. The van der Waals surface area contributed by atoms with Gasteiger partial charge in [-0.15, -0.1) is 5.10 Å². The molecule has 0 unspecified atom stereocenters. The molecule has 4 rings (SSSR count). The van der Waals surface area contributed by atoms with E-state index in [-0.39, 0.29) is 10.8 Å². The summed E-state index contributed by atoms with van der Waals surface area (Å²) < 4.78 is 25.4. The van der Waals surface area contributed by atoms with Crippen molar-refractivity contribution in [1.29, 1.82) is 0 Å². The number of amides is 1. The van der Waals surface area contributed by atoms with Crippen LogP contribution in [0.1, 0.15) is 6.92 Å². The first kappa shape index (κ1) is 21.8. The van der Waals surface area contributed by atoms with Gasteiger partial charge in [0, 0.05) is 29.8 Å². The summed E-state index contributed by atoms with van der Waals surface area (Å²) in [4.78, 5) is 14.3. The van der Waals surface area contributed by atoms with Crippen LogP contribution in [0.3, 0.4) is 0 Å². The minimum absolute atomic E-state index is 0.184. The van der Waals surface area contributed by atoms with E-state index in [9.17, 15) is 13.2 Å². The number of nitrogens with zero attached hydrogens (tertiary/aromatic N) is 3. The van der Waals surface area contributed by atoms with Gasteiger partial charge in [0.15, 0.2) is 15.7 Å². The highest BCUT2D eigenvalue weighted by atomic mass is 35.5. The Kier molecular flexibility index (Phi) is 5.86. The predicted molar refractivity (Wildman–Crippen MR) is 126 cm³/mol. The number of hydrogen-bond acceptors (Lipinski definition) is 4. The van der Waals surface area contributed by atoms with Gasteiger partial charge < -0.3 is 0 Å². The Morgan fingerprint density at radius 1 is 0.938 bits per heavy atom. The van der Waals surface area contributed by atoms with Crippen molar-refractivity contribution in [3.05, 3.63) is 90.0 Å². The van der Waals surface area contributed by atoms with Crippen molar-refractivity contribution in [2.24, 2.45) is 0 Å². The number of aromatic nitrogens is 2. The van der Waals surface area contributed by atoms with E-state index in [2.05, 4.69) is 0 Å². The number of rotatable bonds is 5. The molecule has 162 valence electrons. The van der Waals surface area contributed by atoms with Crippen molar-refractivity contribution < 1.29 is 13.2 Å². The van der Waals surface area contributed by atoms with Crippen LogP contribution in [-0.4, -0.2) is 30.4 Å². The number of hydrogen-bond donors (Lipinski definition) is 0. The maximum absolute atomic E-state index is 12.5. The molecule has 1 aromatic heterocycles. The SMILES string of the molecule is CC(=O)N(c1ccccc1)c1cc(-c2ccc(Cl)cc2)n(-c2ccc(S(C)(=O)=O)cc2)n1. The first-order valence-corrected chi connectivity index (χ1v) is 12.0. The van der Waals surface area contributed by atoms with E-state index in [4.69, 9.17) is 16.7 Å². The van der Waals surface area contributed by atoms with E-state index in [1.54, 1.807) is 28.9 Å². The lowest BCUT2D eigenvalue weighted by molar-refractivity contribution is -0.115. The largest absolute Gasteiger partial charge is 0.274 e. The minimum Gasteiger partial charge on any atom is -0.274 e. The van der Waals surface area contributed by atoms with Gasteiger partial charge in [0.2, 0.25) is 5.91 Å². The average molecular weight is 466 g/mol. The van der Waals surface area contributed by atoms with Gasteiger partial charge in [-0.3, -0.25) is 9.69 Å². The molecule has 0 aliphatic carbocycles. The lowest BCUT2D eigenvalue weighted by atomic mass is 10.1. The van der Waals surface area contributed by atoms with Crippen LogP contribution in [0.5, 0.6) is 0 Å². The molecule has 32 heavy (non-hydrogen) atoms. The van der Waals surface area contributed by atoms with Gasteiger partial charge in [-0.2, -0.15) is 0 Å². The Hall–Kier alpha value is -3.42. The van der Waals surface area contributed by atoms with E-state index in [0.29, 0.717) is 22.2 Å². The predicted octanol–water partition coefficient (Wildman–Crippen LogP) is 5.28. The number of halogens is 1. The highest BCUT2D eigenvalue weighted by Gasteiger charge is 2.21. The third-order valence-electron chi connectivity index (χ3n) is 4.90. The topological polar surface area (TPSA) is 72.3 Å². The lowest BCUT2D eigenvalue weighted by Gasteiger charge is -2.18. The summed E-state index contributed by atoms with van der Waals surface area (Å²) in [5.74, 6) is 0.261. The number of carbonyl (C=O) groups excluding carboxylic acids is 1. The highest BCUT2D eigenvalue weighted by molar-refractivity contribution is 7.90. The summed E-state index contributed by atoms with van der Waals surface area (Å²) in [6.45, 7) is 1.48. The van der Waals surface area contributed by atoms with Crippen LogP contribution in [0.4, 0.5) is 11.5 Å². The zero-order valence-electron chi connectivity index (χ0n) is 17.4. The Labute approximate surface area is 191 Å². The molecule has 0 atom stereocenters. The molecule has 4 aromatic rings. The number of para-hydroxylation sites is 1. The van der Waals surface area contributed by atoms with Crippen molar-refractivity contribution in [3.8, 4) is 16.9 Å². The molecule has 3 aromatic carbocycles. The molecule has 1 amide bonds. The van der Waals surface area contributed by atoms with E-state index >= 15 is 0 Å². The van der Waals surface area contributed by atoms with E-state index in [0.717, 1.165) is 17.5 Å². The molecule has 0 bridgehead atoms. The monoisotopic (exact) mass is 465 g/mol. The molecule has 0 aliphatic rings. The Bertz CT molecular complexity index is 1360. The fourth-order valence-corrected chi connectivity index (χ4v) is 4.14. The fraction of sp³-hybridized carbons (Fsp3) is 0.0833. The molecule has 0 aliphatic heterocycles. The van der Waals surface area contributed by atoms with Gasteiger partial charge >= 0.3 is 0 Å². The molecule has 0 fully saturated rings. The molecule has 0 N–H and O–H groups in total. The second kappa shape index (κ2) is 8.61. The van der Waals surface area contributed by atoms with E-state index in [1.165, 1.54) is 24.0 Å². The van der Waals surface area contributed by atoms with E-state index < -0.39 is 9.84 Å². The maximum atomic E-state index is 12.5. The third-order valence-corrected chi connectivity index (χ3v) is 6.28. The summed E-state index contributed by atoms with van der Waals surface area (Å²) in [6, 6.07) is 24.8. The summed E-state index contributed by atoms with van der Waals surface area (Å²) >= 11 is 6.06. The van der Waals surface area contributed by atoms with Crippen molar-refractivity contribution >= 4 is 38.9 Å². The molecule has 6 nitrogen and oxygen atoms in total. The van der Waals surface area contributed by atoms with Gasteiger partial charge in [0.1, 0.15) is 0 Å². The standard InChI is InChI=1S/C24H20ClN3O3S/c1-17(29)27(20-6-4-3-5-7-20)24-16-23(18-8-10-19(25)11-9-18)28(26-24)21-12-14-22(15-13-21)32(2,30)31/h3-16H,1-2H3. The smallest absolute Gasteiger partial charge is 0.229 e. The molecule has 0 saturated carbocycles. The second-order valence-corrected chi connectivity index (χ2v) is 9.71. The van der Waals surface area contributed by atoms with Crippen molar-refractivity contribution in [2.45, 2.75) is 11.8 Å². The Morgan fingerprint density at radius 2 is 1.56 bits per heavy atom. The van der Waals surface area contributed by atoms with E-state index in [1.807, 2.05) is 48.5 Å². The van der Waals surface area contributed by atoms with Crippen molar-refractivity contribution in [1.82, 2.24) is 9.78 Å². The van der Waals surface area contributed by atoms with Crippen molar-refractivity contribution in [2.75, 3.05) is 11.2 Å². The number of benzene rings is 3. The van der Waals surface area contributed by atoms with Crippen molar-refractivity contribution in [3.63, 3.8) is 0 Å². The first-order valence-electron chi connectivity index (χ1n) is 9.76. The van der Waals surface area contributed by atoms with Crippen LogP contribution in [0.2, 0.25) is 5.02 Å². The molecule has 0 spiro atoms. The van der Waals surface area contributed by atoms with Gasteiger partial charge in [-0.25, -0.2) is 13.1 Å². The van der Waals surface area contributed by atoms with Crippen LogP contribution in [0, 0.1) is 0 Å². The Balaban J connectivity index is 1.89. The van der Waals surface area contributed by atoms with Crippen LogP contribution in [0.15, 0.2) is 89.8 Å². The number of anilines is 2. The van der Waals surface area contributed by atoms with Gasteiger partial charge in [-0.1, -0.05) is 41.9 Å². The van der Waals surface area contributed by atoms with Crippen LogP contribution in [0.25, 0.3) is 16.9 Å².